The lowest BCUT2D eigenvalue weighted by atomic mass is 10.0. The normalized spacial score (nSPS) is 14.4. The molecule has 2 unspecified atom stereocenters. The van der Waals surface area contributed by atoms with Crippen LogP contribution in [0.25, 0.3) is 0 Å². The quantitative estimate of drug-likeness (QED) is 0.0450. The molecule has 0 bridgehead atoms. The number of quaternary nitrogens is 1. The number of rotatable bonds is 28. The highest BCUT2D eigenvalue weighted by atomic mass is 31.2. The van der Waals surface area contributed by atoms with Gasteiger partial charge in [0.2, 0.25) is 0 Å². The Morgan fingerprint density at radius 1 is 0.737 bits per heavy atom. The third-order valence-electron chi connectivity index (χ3n) is 6.80. The van der Waals surface area contributed by atoms with E-state index in [-0.39, 0.29) is 31.8 Å². The van der Waals surface area contributed by atoms with E-state index < -0.39 is 13.7 Å². The zero-order valence-electron chi connectivity index (χ0n) is 25.7. The Kier molecular flexibility index (Phi) is 24.1. The molecular weight excluding hydrogens is 501 g/mol. The van der Waals surface area contributed by atoms with Crippen LogP contribution >= 0.6 is 7.60 Å². The molecule has 2 atom stereocenters. The molecule has 0 amide bonds. The van der Waals surface area contributed by atoms with Gasteiger partial charge in [0.1, 0.15) is 6.10 Å². The maximum absolute atomic E-state index is 12.3. The van der Waals surface area contributed by atoms with Gasteiger partial charge in [-0.05, 0) is 6.42 Å². The molecule has 0 heterocycles. The molecule has 0 aliphatic carbocycles. The van der Waals surface area contributed by atoms with Crippen LogP contribution in [0.3, 0.4) is 0 Å². The third-order valence-corrected chi connectivity index (χ3v) is 8.12. The van der Waals surface area contributed by atoms with Crippen LogP contribution in [-0.4, -0.2) is 75.1 Å². The first-order valence-electron chi connectivity index (χ1n) is 15.6. The average Bonchev–Trinajstić information content (AvgIpc) is 2.86. The highest BCUT2D eigenvalue weighted by Crippen LogP contribution is 2.41. The molecule has 0 aromatic carbocycles. The fourth-order valence-electron chi connectivity index (χ4n) is 4.22. The minimum Gasteiger partial charge on any atom is -0.457 e. The maximum atomic E-state index is 12.3. The van der Waals surface area contributed by atoms with Gasteiger partial charge in [0.25, 0.3) is 0 Å². The van der Waals surface area contributed by atoms with Crippen molar-refractivity contribution in [2.45, 2.75) is 136 Å². The highest BCUT2D eigenvalue weighted by molar-refractivity contribution is 7.52. The van der Waals surface area contributed by atoms with Crippen LogP contribution in [0, 0.1) is 0 Å². The number of hydrogen-bond acceptors (Lipinski definition) is 5. The second kappa shape index (κ2) is 24.3. The van der Waals surface area contributed by atoms with E-state index in [2.05, 4.69) is 6.92 Å². The minimum atomic E-state index is -3.74. The SMILES string of the molecule is CCCCCCCCCCCCCCCCCCCOCC(COP(=O)(O)CC[N+](C)(C)C)OC(=O)CC. The van der Waals surface area contributed by atoms with E-state index in [0.29, 0.717) is 17.6 Å². The summed E-state index contributed by atoms with van der Waals surface area (Å²) in [6.45, 7) is 5.16. The Labute approximate surface area is 235 Å². The summed E-state index contributed by atoms with van der Waals surface area (Å²) in [6, 6.07) is 0. The molecule has 0 aliphatic heterocycles. The number of carbonyl (C=O) groups excluding carboxylic acids is 1. The first kappa shape index (κ1) is 37.5. The molecule has 1 N–H and O–H groups in total. The summed E-state index contributed by atoms with van der Waals surface area (Å²) in [5.41, 5.74) is 0. The lowest BCUT2D eigenvalue weighted by Crippen LogP contribution is -2.37. The Bertz CT molecular complexity index is 596. The molecule has 38 heavy (non-hydrogen) atoms. The van der Waals surface area contributed by atoms with Gasteiger partial charge >= 0.3 is 13.6 Å². The highest BCUT2D eigenvalue weighted by Gasteiger charge is 2.26. The van der Waals surface area contributed by atoms with Gasteiger partial charge in [0.05, 0.1) is 47.1 Å². The summed E-state index contributed by atoms with van der Waals surface area (Å²) in [5.74, 6) is -0.362. The molecule has 0 aromatic rings. The molecule has 0 saturated heterocycles. The van der Waals surface area contributed by atoms with Crippen molar-refractivity contribution < 1.29 is 32.7 Å². The van der Waals surface area contributed by atoms with Crippen molar-refractivity contribution in [3.63, 3.8) is 0 Å². The summed E-state index contributed by atoms with van der Waals surface area (Å²) in [7, 11) is 2.14. The zero-order chi connectivity index (χ0) is 28.5. The van der Waals surface area contributed by atoms with Crippen LogP contribution in [-0.2, 0) is 23.4 Å². The van der Waals surface area contributed by atoms with Crippen molar-refractivity contribution in [2.75, 3.05) is 53.7 Å². The second-order valence-electron chi connectivity index (χ2n) is 11.9. The maximum Gasteiger partial charge on any atom is 0.333 e. The predicted octanol–water partition coefficient (Wildman–Crippen LogP) is 7.88. The van der Waals surface area contributed by atoms with Crippen molar-refractivity contribution in [1.82, 2.24) is 0 Å². The van der Waals surface area contributed by atoms with Gasteiger partial charge in [-0.15, -0.1) is 0 Å². The van der Waals surface area contributed by atoms with Gasteiger partial charge in [-0.3, -0.25) is 9.36 Å². The van der Waals surface area contributed by atoms with Crippen molar-refractivity contribution in [3.8, 4) is 0 Å². The average molecular weight is 565 g/mol. The fourth-order valence-corrected chi connectivity index (χ4v) is 5.60. The topological polar surface area (TPSA) is 82.1 Å². The van der Waals surface area contributed by atoms with Crippen LogP contribution in [0.4, 0.5) is 0 Å². The molecule has 0 aliphatic rings. The predicted molar refractivity (Wildman–Crippen MR) is 159 cm³/mol. The van der Waals surface area contributed by atoms with Crippen LogP contribution in [0.5, 0.6) is 0 Å². The number of unbranched alkanes of at least 4 members (excludes halogenated alkanes) is 16. The molecule has 0 spiro atoms. The van der Waals surface area contributed by atoms with Crippen LogP contribution < -0.4 is 0 Å². The number of nitrogens with zero attached hydrogens (tertiary/aromatic N) is 1. The molecular formula is C30H63NO6P+. The monoisotopic (exact) mass is 564 g/mol. The van der Waals surface area contributed by atoms with E-state index in [1.165, 1.54) is 96.3 Å². The molecule has 0 aromatic heterocycles. The number of ether oxygens (including phenoxy) is 2. The van der Waals surface area contributed by atoms with Crippen molar-refractivity contribution in [1.29, 1.82) is 0 Å². The first-order valence-corrected chi connectivity index (χ1v) is 17.4. The standard InChI is InChI=1S/C30H62NO6P/c1-6-8-9-10-11-12-13-14-15-16-17-18-19-20-21-22-23-25-35-27-29(37-30(32)7-2)28-36-38(33,34)26-24-31(3,4)5/h29H,6-28H2,1-5H3/p+1. The second-order valence-corrected chi connectivity index (χ2v) is 13.8. The van der Waals surface area contributed by atoms with Gasteiger partial charge in [-0.25, -0.2) is 0 Å². The van der Waals surface area contributed by atoms with E-state index >= 15 is 0 Å². The van der Waals surface area contributed by atoms with Gasteiger partial charge < -0.3 is 23.4 Å². The Morgan fingerprint density at radius 3 is 1.61 bits per heavy atom. The van der Waals surface area contributed by atoms with Crippen molar-refractivity contribution in [3.05, 3.63) is 0 Å². The van der Waals surface area contributed by atoms with E-state index in [1.807, 2.05) is 21.1 Å². The van der Waals surface area contributed by atoms with E-state index in [9.17, 15) is 14.3 Å². The number of hydrogen-bond donors (Lipinski definition) is 1. The fraction of sp³-hybridized carbons (Fsp3) is 0.967. The van der Waals surface area contributed by atoms with E-state index in [4.69, 9.17) is 14.0 Å². The van der Waals surface area contributed by atoms with Crippen molar-refractivity contribution in [2.24, 2.45) is 0 Å². The third kappa shape index (κ3) is 27.1. The Balaban J connectivity index is 3.75. The molecule has 0 fully saturated rings. The minimum absolute atomic E-state index is 0.0606. The summed E-state index contributed by atoms with van der Waals surface area (Å²) in [4.78, 5) is 21.8. The smallest absolute Gasteiger partial charge is 0.333 e. The zero-order valence-corrected chi connectivity index (χ0v) is 26.6. The summed E-state index contributed by atoms with van der Waals surface area (Å²) >= 11 is 0. The van der Waals surface area contributed by atoms with Gasteiger partial charge in [0, 0.05) is 13.0 Å². The Hall–Kier alpha value is -0.460. The molecule has 7 nitrogen and oxygen atoms in total. The molecule has 8 heteroatoms. The molecule has 228 valence electrons. The summed E-state index contributed by atoms with van der Waals surface area (Å²) in [6.07, 6.45) is 22.3. The van der Waals surface area contributed by atoms with Crippen LogP contribution in [0.15, 0.2) is 0 Å². The summed E-state index contributed by atoms with van der Waals surface area (Å²) < 4.78 is 29.2. The van der Waals surface area contributed by atoms with E-state index in [0.717, 1.165) is 12.8 Å². The van der Waals surface area contributed by atoms with Gasteiger partial charge in [-0.2, -0.15) is 0 Å². The summed E-state index contributed by atoms with van der Waals surface area (Å²) in [5, 5.41) is 0. The first-order chi connectivity index (χ1) is 18.1. The molecule has 0 saturated carbocycles. The molecule has 0 rings (SSSR count). The lowest BCUT2D eigenvalue weighted by Gasteiger charge is -2.25. The van der Waals surface area contributed by atoms with Crippen molar-refractivity contribution >= 4 is 13.6 Å². The Morgan fingerprint density at radius 2 is 1.18 bits per heavy atom. The van der Waals surface area contributed by atoms with Crippen LogP contribution in [0.1, 0.15) is 129 Å². The van der Waals surface area contributed by atoms with Gasteiger partial charge in [-0.1, -0.05) is 117 Å². The molecule has 0 radical (unpaired) electrons. The number of carbonyl (C=O) groups is 1. The van der Waals surface area contributed by atoms with Gasteiger partial charge in [0.15, 0.2) is 0 Å². The van der Waals surface area contributed by atoms with E-state index in [1.54, 1.807) is 6.92 Å². The van der Waals surface area contributed by atoms with Crippen LogP contribution in [0.2, 0.25) is 0 Å². The number of esters is 1. The lowest BCUT2D eigenvalue weighted by molar-refractivity contribution is -0.867. The largest absolute Gasteiger partial charge is 0.457 e.